The first-order valence-corrected chi connectivity index (χ1v) is 7.77. The minimum atomic E-state index is 0.882. The molecule has 1 aromatic carbocycles. The van der Waals surface area contributed by atoms with Crippen molar-refractivity contribution in [2.24, 2.45) is 0 Å². The Bertz CT molecular complexity index is 525. The highest BCUT2D eigenvalue weighted by atomic mass is 15.1. The molecule has 1 heterocycles. The highest BCUT2D eigenvalue weighted by Crippen LogP contribution is 2.12. The van der Waals surface area contributed by atoms with Crippen LogP contribution in [0, 0.1) is 0 Å². The van der Waals surface area contributed by atoms with Gasteiger partial charge in [0.1, 0.15) is 0 Å². The van der Waals surface area contributed by atoms with Crippen LogP contribution in [0.25, 0.3) is 0 Å². The van der Waals surface area contributed by atoms with Crippen molar-refractivity contribution in [1.29, 1.82) is 0 Å². The lowest BCUT2D eigenvalue weighted by molar-refractivity contribution is 0.268. The van der Waals surface area contributed by atoms with E-state index in [2.05, 4.69) is 65.4 Å². The van der Waals surface area contributed by atoms with Crippen molar-refractivity contribution in [1.82, 2.24) is 9.88 Å². The Morgan fingerprint density at radius 3 is 2.57 bits per heavy atom. The minimum Gasteiger partial charge on any atom is -0.385 e. The molecular weight excluding hydrogens is 258 g/mol. The molecule has 0 aliphatic carbocycles. The summed E-state index contributed by atoms with van der Waals surface area (Å²) >= 11 is 0. The van der Waals surface area contributed by atoms with Gasteiger partial charge in [-0.05, 0) is 30.7 Å². The van der Waals surface area contributed by atoms with Gasteiger partial charge in [-0.2, -0.15) is 0 Å². The molecule has 0 saturated carbocycles. The van der Waals surface area contributed by atoms with Gasteiger partial charge in [0.05, 0.1) is 5.69 Å². The normalized spacial score (nSPS) is 10.8. The van der Waals surface area contributed by atoms with Gasteiger partial charge in [0.25, 0.3) is 0 Å². The highest BCUT2D eigenvalue weighted by Gasteiger charge is 2.06. The van der Waals surface area contributed by atoms with Crippen molar-refractivity contribution in [3.05, 3.63) is 59.9 Å². The number of hydrogen-bond donors (Lipinski definition) is 1. The van der Waals surface area contributed by atoms with E-state index in [0.717, 1.165) is 44.0 Å². The van der Waals surface area contributed by atoms with Crippen LogP contribution in [0.3, 0.4) is 0 Å². The molecule has 1 N–H and O–H groups in total. The number of rotatable bonds is 8. The predicted molar refractivity (Wildman–Crippen MR) is 89.2 cm³/mol. The molecule has 0 aliphatic heterocycles. The fourth-order valence-electron chi connectivity index (χ4n) is 2.29. The Morgan fingerprint density at radius 2 is 1.86 bits per heavy atom. The van der Waals surface area contributed by atoms with Crippen LogP contribution >= 0.6 is 0 Å². The van der Waals surface area contributed by atoms with E-state index >= 15 is 0 Å². The predicted octanol–water partition coefficient (Wildman–Crippen LogP) is 3.93. The molecule has 0 amide bonds. The van der Waals surface area contributed by atoms with Crippen LogP contribution in [-0.2, 0) is 13.1 Å². The van der Waals surface area contributed by atoms with Gasteiger partial charge in [0, 0.05) is 31.5 Å². The minimum absolute atomic E-state index is 0.882. The Kier molecular flexibility index (Phi) is 6.22. The summed E-state index contributed by atoms with van der Waals surface area (Å²) in [6.45, 7) is 8.24. The zero-order chi connectivity index (χ0) is 14.9. The lowest BCUT2D eigenvalue weighted by Gasteiger charge is -2.20. The molecular formula is C18H25N3. The summed E-state index contributed by atoms with van der Waals surface area (Å²) in [6.07, 6.45) is 3.02. The second-order valence-corrected chi connectivity index (χ2v) is 5.25. The van der Waals surface area contributed by atoms with E-state index in [-0.39, 0.29) is 0 Å². The summed E-state index contributed by atoms with van der Waals surface area (Å²) in [5.74, 6) is 0. The molecule has 1 aromatic heterocycles. The third-order valence-corrected chi connectivity index (χ3v) is 3.48. The Morgan fingerprint density at radius 1 is 1.05 bits per heavy atom. The molecule has 0 radical (unpaired) electrons. The van der Waals surface area contributed by atoms with Crippen LogP contribution in [0.1, 0.15) is 31.5 Å². The van der Waals surface area contributed by atoms with Crippen molar-refractivity contribution in [2.75, 3.05) is 18.4 Å². The molecule has 0 aliphatic rings. The van der Waals surface area contributed by atoms with Crippen molar-refractivity contribution in [2.45, 2.75) is 33.4 Å². The lowest BCUT2D eigenvalue weighted by Crippen LogP contribution is -2.22. The van der Waals surface area contributed by atoms with Gasteiger partial charge in [0.15, 0.2) is 0 Å². The third kappa shape index (κ3) is 5.20. The molecule has 0 atom stereocenters. The average molecular weight is 283 g/mol. The zero-order valence-corrected chi connectivity index (χ0v) is 13.0. The fourth-order valence-corrected chi connectivity index (χ4v) is 2.29. The number of pyridine rings is 1. The first-order chi connectivity index (χ1) is 10.3. The van der Waals surface area contributed by atoms with Crippen LogP contribution in [0.15, 0.2) is 48.7 Å². The van der Waals surface area contributed by atoms with Crippen molar-refractivity contribution in [3.8, 4) is 0 Å². The standard InChI is InChI=1S/C18H25N3/c1-3-11-19-17-10-12-20-18(13-17)15-21(4-2)14-16-8-6-5-7-9-16/h5-10,12-13H,3-4,11,14-15H2,1-2H3,(H,19,20). The maximum atomic E-state index is 4.50. The van der Waals surface area contributed by atoms with E-state index in [4.69, 9.17) is 0 Å². The van der Waals surface area contributed by atoms with Crippen LogP contribution in [-0.4, -0.2) is 23.0 Å². The van der Waals surface area contributed by atoms with Gasteiger partial charge >= 0.3 is 0 Å². The summed E-state index contributed by atoms with van der Waals surface area (Å²) in [5.41, 5.74) is 3.63. The monoisotopic (exact) mass is 283 g/mol. The fraction of sp³-hybridized carbons (Fsp3) is 0.389. The molecule has 0 fully saturated rings. The average Bonchev–Trinajstić information content (AvgIpc) is 2.53. The Labute approximate surface area is 128 Å². The zero-order valence-electron chi connectivity index (χ0n) is 13.0. The molecule has 0 unspecified atom stereocenters. The van der Waals surface area contributed by atoms with E-state index in [1.54, 1.807) is 0 Å². The molecule has 3 heteroatoms. The summed E-state index contributed by atoms with van der Waals surface area (Å²) in [4.78, 5) is 6.90. The van der Waals surface area contributed by atoms with Crippen molar-refractivity contribution >= 4 is 5.69 Å². The van der Waals surface area contributed by atoms with Gasteiger partial charge in [-0.3, -0.25) is 9.88 Å². The first kappa shape index (κ1) is 15.5. The summed E-state index contributed by atoms with van der Waals surface area (Å²) in [5, 5.41) is 3.42. The molecule has 21 heavy (non-hydrogen) atoms. The quantitative estimate of drug-likeness (QED) is 0.795. The van der Waals surface area contributed by atoms with E-state index in [1.165, 1.54) is 5.56 Å². The first-order valence-electron chi connectivity index (χ1n) is 7.77. The Hall–Kier alpha value is -1.87. The molecule has 0 saturated heterocycles. The van der Waals surface area contributed by atoms with Gasteiger partial charge in [0.2, 0.25) is 0 Å². The van der Waals surface area contributed by atoms with E-state index in [0.29, 0.717) is 0 Å². The smallest absolute Gasteiger partial charge is 0.0564 e. The van der Waals surface area contributed by atoms with Gasteiger partial charge in [-0.1, -0.05) is 44.2 Å². The maximum Gasteiger partial charge on any atom is 0.0564 e. The van der Waals surface area contributed by atoms with Crippen LogP contribution in [0.4, 0.5) is 5.69 Å². The molecule has 112 valence electrons. The number of hydrogen-bond acceptors (Lipinski definition) is 3. The number of anilines is 1. The Balaban J connectivity index is 1.98. The van der Waals surface area contributed by atoms with Gasteiger partial charge in [-0.25, -0.2) is 0 Å². The van der Waals surface area contributed by atoms with Crippen molar-refractivity contribution < 1.29 is 0 Å². The van der Waals surface area contributed by atoms with E-state index in [9.17, 15) is 0 Å². The molecule has 0 bridgehead atoms. The van der Waals surface area contributed by atoms with Crippen LogP contribution in [0.5, 0.6) is 0 Å². The second-order valence-electron chi connectivity index (χ2n) is 5.25. The number of nitrogens with one attached hydrogen (secondary N) is 1. The molecule has 2 rings (SSSR count). The van der Waals surface area contributed by atoms with Crippen LogP contribution < -0.4 is 5.32 Å². The topological polar surface area (TPSA) is 28.2 Å². The molecule has 2 aromatic rings. The summed E-state index contributed by atoms with van der Waals surface area (Å²) < 4.78 is 0. The van der Waals surface area contributed by atoms with Gasteiger partial charge < -0.3 is 5.32 Å². The largest absolute Gasteiger partial charge is 0.385 e. The second kappa shape index (κ2) is 8.42. The van der Waals surface area contributed by atoms with E-state index < -0.39 is 0 Å². The molecule has 0 spiro atoms. The van der Waals surface area contributed by atoms with Gasteiger partial charge in [-0.15, -0.1) is 0 Å². The number of nitrogens with zero attached hydrogens (tertiary/aromatic N) is 2. The summed E-state index contributed by atoms with van der Waals surface area (Å²) in [6, 6.07) is 14.8. The summed E-state index contributed by atoms with van der Waals surface area (Å²) in [7, 11) is 0. The third-order valence-electron chi connectivity index (χ3n) is 3.48. The SMILES string of the molecule is CCCNc1ccnc(CN(CC)Cc2ccccc2)c1. The number of benzene rings is 1. The molecule has 3 nitrogen and oxygen atoms in total. The number of aromatic nitrogens is 1. The highest BCUT2D eigenvalue weighted by molar-refractivity contribution is 5.43. The lowest BCUT2D eigenvalue weighted by atomic mass is 10.2. The van der Waals surface area contributed by atoms with E-state index in [1.807, 2.05) is 12.3 Å². The maximum absolute atomic E-state index is 4.50. The van der Waals surface area contributed by atoms with Crippen LogP contribution in [0.2, 0.25) is 0 Å². The van der Waals surface area contributed by atoms with Crippen molar-refractivity contribution in [3.63, 3.8) is 0 Å².